The van der Waals surface area contributed by atoms with Gasteiger partial charge in [-0.1, -0.05) is 33.8 Å². The molecule has 0 spiro atoms. The summed E-state index contributed by atoms with van der Waals surface area (Å²) in [5.41, 5.74) is 3.03. The molecule has 2 heterocycles. The van der Waals surface area contributed by atoms with Crippen molar-refractivity contribution in [1.82, 2.24) is 30.6 Å². The molecule has 0 bridgehead atoms. The van der Waals surface area contributed by atoms with Crippen LogP contribution in [0.15, 0.2) is 42.5 Å². The summed E-state index contributed by atoms with van der Waals surface area (Å²) in [5, 5.41) is 26.8. The van der Waals surface area contributed by atoms with E-state index in [1.165, 1.54) is 0 Å². The van der Waals surface area contributed by atoms with E-state index in [-0.39, 0.29) is 0 Å². The maximum absolute atomic E-state index is 9.02. The Kier molecular flexibility index (Phi) is 3.18. The van der Waals surface area contributed by atoms with Crippen molar-refractivity contribution in [3.8, 4) is 0 Å². The molecule has 4 rings (SSSR count). The molecule has 0 saturated carbocycles. The largest absolute Gasteiger partial charge is 0.410 e. The van der Waals surface area contributed by atoms with E-state index in [0.717, 1.165) is 11.0 Å². The predicted octanol–water partition coefficient (Wildman–Crippen LogP) is 2.28. The number of nitrogens with one attached hydrogen (secondary N) is 1. The van der Waals surface area contributed by atoms with Crippen molar-refractivity contribution in [3.63, 3.8) is 0 Å². The number of aromatic amines is 1. The number of halogens is 1. The lowest BCUT2D eigenvalue weighted by Gasteiger charge is -1.89. The number of fused-ring (bicyclic) bond motifs is 2. The first-order valence-electron chi connectivity index (χ1n) is 5.70. The van der Waals surface area contributed by atoms with E-state index in [1.807, 2.05) is 24.3 Å². The topological polar surface area (TPSA) is 92.5 Å². The van der Waals surface area contributed by atoms with Crippen LogP contribution in [0, 0.1) is 0 Å². The fourth-order valence-electron chi connectivity index (χ4n) is 1.67. The van der Waals surface area contributed by atoms with Crippen molar-refractivity contribution in [2.45, 2.75) is 0 Å². The summed E-state index contributed by atoms with van der Waals surface area (Å²) in [7, 11) is 0. The average Bonchev–Trinajstić information content (AvgIpc) is 3.07. The lowest BCUT2D eigenvalue weighted by Crippen LogP contribution is -1.90. The highest BCUT2D eigenvalue weighted by Crippen LogP contribution is 2.15. The quantitative estimate of drug-likeness (QED) is 0.484. The molecule has 2 N–H and O–H groups in total. The molecule has 0 aliphatic carbocycles. The molecule has 2 aromatic heterocycles. The molecule has 20 heavy (non-hydrogen) atoms. The van der Waals surface area contributed by atoms with Gasteiger partial charge in [0.25, 0.3) is 0 Å². The Labute approximate surface area is 117 Å². The molecule has 100 valence electrons. The summed E-state index contributed by atoms with van der Waals surface area (Å²) in [5.74, 6) is 0. The fraction of sp³-hybridized carbons (Fsp3) is 0. The van der Waals surface area contributed by atoms with Gasteiger partial charge < -0.3 is 5.21 Å². The first-order chi connectivity index (χ1) is 9.74. The van der Waals surface area contributed by atoms with E-state index in [0.29, 0.717) is 20.9 Å². The monoisotopic (exact) mass is 288 g/mol. The summed E-state index contributed by atoms with van der Waals surface area (Å²) in [6, 6.07) is 12.7. The lowest BCUT2D eigenvalue weighted by atomic mass is 10.3. The minimum atomic E-state index is 0.512. The highest BCUT2D eigenvalue weighted by Gasteiger charge is 2.01. The molecule has 0 saturated heterocycles. The highest BCUT2D eigenvalue weighted by atomic mass is 35.5. The third kappa shape index (κ3) is 2.39. The third-order valence-corrected chi connectivity index (χ3v) is 2.86. The lowest BCUT2D eigenvalue weighted by molar-refractivity contribution is 0.155. The highest BCUT2D eigenvalue weighted by molar-refractivity contribution is 6.31. The van der Waals surface area contributed by atoms with Crippen molar-refractivity contribution < 1.29 is 5.21 Å². The van der Waals surface area contributed by atoms with Crippen LogP contribution in [-0.2, 0) is 0 Å². The molecule has 0 unspecified atom stereocenters. The molecule has 0 aliphatic heterocycles. The maximum atomic E-state index is 9.02. The van der Waals surface area contributed by atoms with Gasteiger partial charge >= 0.3 is 0 Å². The zero-order valence-corrected chi connectivity index (χ0v) is 10.9. The minimum absolute atomic E-state index is 0.512. The summed E-state index contributed by atoms with van der Waals surface area (Å²) in [4.78, 5) is 0.696. The summed E-state index contributed by atoms with van der Waals surface area (Å²) in [6.45, 7) is 0. The van der Waals surface area contributed by atoms with Gasteiger partial charge in [-0.15, -0.1) is 10.2 Å². The van der Waals surface area contributed by atoms with Gasteiger partial charge in [0.05, 0.1) is 5.52 Å². The first kappa shape index (κ1) is 12.4. The smallest absolute Gasteiger partial charge is 0.132 e. The standard InChI is InChI=1S/C6H4ClN3O.C6H5N3/c7-4-1-2-5-6(3-4)10(11)9-8-5;1-2-4-6-5(3-1)7-9-8-6/h1-3,11H;1-4H,(H,7,8,9). The molecule has 2 aromatic carbocycles. The van der Waals surface area contributed by atoms with Gasteiger partial charge in [-0.25, -0.2) is 0 Å². The Morgan fingerprint density at radius 1 is 1.05 bits per heavy atom. The number of hydrogen-bond acceptors (Lipinski definition) is 5. The summed E-state index contributed by atoms with van der Waals surface area (Å²) < 4.78 is 0. The normalized spacial score (nSPS) is 10.4. The molecular weight excluding hydrogens is 280 g/mol. The Balaban J connectivity index is 0.000000123. The average molecular weight is 289 g/mol. The third-order valence-electron chi connectivity index (χ3n) is 2.62. The van der Waals surface area contributed by atoms with Crippen LogP contribution in [0.3, 0.4) is 0 Å². The van der Waals surface area contributed by atoms with Gasteiger partial charge in [0.15, 0.2) is 0 Å². The van der Waals surface area contributed by atoms with E-state index < -0.39 is 0 Å². The van der Waals surface area contributed by atoms with Crippen LogP contribution < -0.4 is 0 Å². The summed E-state index contributed by atoms with van der Waals surface area (Å²) >= 11 is 5.67. The van der Waals surface area contributed by atoms with Crippen molar-refractivity contribution in [3.05, 3.63) is 47.5 Å². The van der Waals surface area contributed by atoms with E-state index >= 15 is 0 Å². The van der Waals surface area contributed by atoms with Crippen LogP contribution >= 0.6 is 11.6 Å². The first-order valence-corrected chi connectivity index (χ1v) is 6.08. The second-order valence-electron chi connectivity index (χ2n) is 3.94. The van der Waals surface area contributed by atoms with Crippen molar-refractivity contribution in [1.29, 1.82) is 0 Å². The van der Waals surface area contributed by atoms with Crippen LogP contribution in [0.25, 0.3) is 22.1 Å². The van der Waals surface area contributed by atoms with Gasteiger partial charge in [0, 0.05) is 5.02 Å². The van der Waals surface area contributed by atoms with Crippen molar-refractivity contribution >= 4 is 33.7 Å². The molecule has 0 amide bonds. The van der Waals surface area contributed by atoms with Gasteiger partial charge in [0.2, 0.25) is 0 Å². The van der Waals surface area contributed by atoms with Gasteiger partial charge in [-0.2, -0.15) is 0 Å². The Morgan fingerprint density at radius 3 is 2.75 bits per heavy atom. The second kappa shape index (κ2) is 5.14. The van der Waals surface area contributed by atoms with Crippen LogP contribution in [0.5, 0.6) is 0 Å². The number of nitrogens with zero attached hydrogens (tertiary/aromatic N) is 5. The fourth-order valence-corrected chi connectivity index (χ4v) is 1.83. The van der Waals surface area contributed by atoms with Crippen LogP contribution in [-0.4, -0.2) is 35.8 Å². The molecule has 0 radical (unpaired) electrons. The molecular formula is C12H9ClN6O. The molecule has 0 fully saturated rings. The SMILES string of the molecule is On1nnc2ccc(Cl)cc21.c1ccc2[nH]nnc2c1. The number of benzene rings is 2. The molecule has 7 nitrogen and oxygen atoms in total. The van der Waals surface area contributed by atoms with Crippen molar-refractivity contribution in [2.24, 2.45) is 0 Å². The number of hydrogen-bond donors (Lipinski definition) is 2. The van der Waals surface area contributed by atoms with E-state index in [2.05, 4.69) is 25.7 Å². The van der Waals surface area contributed by atoms with Crippen LogP contribution in [0.4, 0.5) is 0 Å². The molecule has 4 aromatic rings. The van der Waals surface area contributed by atoms with E-state index in [9.17, 15) is 0 Å². The number of H-pyrrole nitrogens is 1. The van der Waals surface area contributed by atoms with Crippen LogP contribution in [0.2, 0.25) is 5.02 Å². The Bertz CT molecular complexity index is 825. The second-order valence-corrected chi connectivity index (χ2v) is 4.38. The maximum Gasteiger partial charge on any atom is 0.132 e. The van der Waals surface area contributed by atoms with Gasteiger partial charge in [0.1, 0.15) is 16.6 Å². The Hall–Kier alpha value is -2.67. The predicted molar refractivity (Wildman–Crippen MR) is 73.6 cm³/mol. The zero-order chi connectivity index (χ0) is 13.9. The molecule has 0 atom stereocenters. The summed E-state index contributed by atoms with van der Waals surface area (Å²) in [6.07, 6.45) is 0. The number of aromatic nitrogens is 6. The molecule has 8 heteroatoms. The van der Waals surface area contributed by atoms with Crippen LogP contribution in [0.1, 0.15) is 0 Å². The number of para-hydroxylation sites is 1. The minimum Gasteiger partial charge on any atom is -0.410 e. The van der Waals surface area contributed by atoms with E-state index in [4.69, 9.17) is 16.8 Å². The van der Waals surface area contributed by atoms with Gasteiger partial charge in [-0.3, -0.25) is 5.10 Å². The van der Waals surface area contributed by atoms with E-state index in [1.54, 1.807) is 18.2 Å². The Morgan fingerprint density at radius 2 is 1.90 bits per heavy atom. The zero-order valence-electron chi connectivity index (χ0n) is 10.1. The van der Waals surface area contributed by atoms with Gasteiger partial charge in [-0.05, 0) is 35.5 Å². The van der Waals surface area contributed by atoms with Crippen molar-refractivity contribution in [2.75, 3.05) is 0 Å². The molecule has 0 aliphatic rings. The number of rotatable bonds is 0.